The zero-order chi connectivity index (χ0) is 13.8. The van der Waals surface area contributed by atoms with E-state index in [0.29, 0.717) is 5.56 Å². The van der Waals surface area contributed by atoms with Gasteiger partial charge in [0, 0.05) is 6.07 Å². The molecule has 96 valence electrons. The first kappa shape index (κ1) is 12.6. The van der Waals surface area contributed by atoms with Crippen molar-refractivity contribution in [2.75, 3.05) is 0 Å². The molecule has 0 unspecified atom stereocenters. The molecule has 0 heterocycles. The summed E-state index contributed by atoms with van der Waals surface area (Å²) in [6.07, 6.45) is -1.59. The molecule has 2 aromatic carbocycles. The molecule has 6 nitrogen and oxygen atoms in total. The summed E-state index contributed by atoms with van der Waals surface area (Å²) in [5.41, 5.74) is 1.03. The minimum atomic E-state index is -1.59. The van der Waals surface area contributed by atoms with Crippen LogP contribution in [0.1, 0.15) is 0 Å². The molecular formula is C13H9NO5. The van der Waals surface area contributed by atoms with Crippen molar-refractivity contribution in [3.63, 3.8) is 0 Å². The summed E-state index contributed by atoms with van der Waals surface area (Å²) in [7, 11) is 0. The van der Waals surface area contributed by atoms with Gasteiger partial charge in [-0.25, -0.2) is 4.79 Å². The maximum atomic E-state index is 10.9. The molecule has 2 rings (SSSR count). The Kier molecular flexibility index (Phi) is 3.42. The lowest BCUT2D eigenvalue weighted by atomic mass is 10.1. The average molecular weight is 259 g/mol. The Morgan fingerprint density at radius 3 is 2.37 bits per heavy atom. The zero-order valence-electron chi connectivity index (χ0n) is 9.65. The Bertz CT molecular complexity index is 624. The third-order valence-corrected chi connectivity index (χ3v) is 2.46. The van der Waals surface area contributed by atoms with Gasteiger partial charge in [-0.3, -0.25) is 10.1 Å². The summed E-state index contributed by atoms with van der Waals surface area (Å²) in [4.78, 5) is 20.7. The molecule has 0 aromatic heterocycles. The van der Waals surface area contributed by atoms with Crippen LogP contribution >= 0.6 is 0 Å². The van der Waals surface area contributed by atoms with Crippen LogP contribution in [-0.4, -0.2) is 16.2 Å². The molecule has 19 heavy (non-hydrogen) atoms. The normalized spacial score (nSPS) is 9.89. The van der Waals surface area contributed by atoms with Crippen molar-refractivity contribution >= 4 is 11.8 Å². The van der Waals surface area contributed by atoms with Crippen molar-refractivity contribution < 1.29 is 19.6 Å². The third-order valence-electron chi connectivity index (χ3n) is 2.46. The highest BCUT2D eigenvalue weighted by Crippen LogP contribution is 2.32. The van der Waals surface area contributed by atoms with Crippen molar-refractivity contribution in [2.24, 2.45) is 0 Å². The Balaban J connectivity index is 2.48. The van der Waals surface area contributed by atoms with Crippen LogP contribution in [0.3, 0.4) is 0 Å². The van der Waals surface area contributed by atoms with Crippen LogP contribution in [0.5, 0.6) is 5.75 Å². The van der Waals surface area contributed by atoms with Gasteiger partial charge < -0.3 is 9.84 Å². The number of rotatable bonds is 3. The number of hydrogen-bond acceptors (Lipinski definition) is 4. The van der Waals surface area contributed by atoms with E-state index in [1.54, 1.807) is 18.2 Å². The van der Waals surface area contributed by atoms with Crippen LogP contribution in [0.2, 0.25) is 0 Å². The second-order valence-electron chi connectivity index (χ2n) is 3.67. The summed E-state index contributed by atoms with van der Waals surface area (Å²) in [6.45, 7) is 0. The third kappa shape index (κ3) is 2.86. The maximum Gasteiger partial charge on any atom is 0.511 e. The first-order chi connectivity index (χ1) is 9.08. The topological polar surface area (TPSA) is 89.7 Å². The van der Waals surface area contributed by atoms with Gasteiger partial charge in [0.15, 0.2) is 0 Å². The predicted octanol–water partition coefficient (Wildman–Crippen LogP) is 3.32. The van der Waals surface area contributed by atoms with Gasteiger partial charge >= 0.3 is 11.8 Å². The molecule has 0 aliphatic heterocycles. The van der Waals surface area contributed by atoms with Gasteiger partial charge in [0.1, 0.15) is 0 Å². The SMILES string of the molecule is O=C(O)Oc1ccc(-c2ccccc2)cc1[N+](=O)[O-]. The summed E-state index contributed by atoms with van der Waals surface area (Å²) in [6, 6.07) is 13.2. The van der Waals surface area contributed by atoms with Crippen LogP contribution in [0.15, 0.2) is 48.5 Å². The molecule has 0 bridgehead atoms. The number of hydrogen-bond donors (Lipinski definition) is 1. The molecule has 6 heteroatoms. The van der Waals surface area contributed by atoms with E-state index >= 15 is 0 Å². The summed E-state index contributed by atoms with van der Waals surface area (Å²) in [5.74, 6) is -0.294. The van der Waals surface area contributed by atoms with Gasteiger partial charge in [-0.1, -0.05) is 36.4 Å². The Morgan fingerprint density at radius 2 is 1.79 bits per heavy atom. The minimum absolute atomic E-state index is 0.294. The second-order valence-corrected chi connectivity index (χ2v) is 3.67. The van der Waals surface area contributed by atoms with Gasteiger partial charge in [-0.15, -0.1) is 0 Å². The van der Waals surface area contributed by atoms with Crippen molar-refractivity contribution in [1.29, 1.82) is 0 Å². The van der Waals surface area contributed by atoms with Crippen LogP contribution in [0, 0.1) is 10.1 Å². The average Bonchev–Trinajstić information content (AvgIpc) is 2.39. The zero-order valence-corrected chi connectivity index (χ0v) is 9.65. The number of benzene rings is 2. The monoisotopic (exact) mass is 259 g/mol. The molecular weight excluding hydrogens is 250 g/mol. The standard InChI is InChI=1S/C13H9NO5/c15-13(16)19-12-7-6-10(8-11(12)14(17)18)9-4-2-1-3-5-9/h1-8H,(H,15,16). The van der Waals surface area contributed by atoms with Gasteiger partial charge in [-0.2, -0.15) is 0 Å². The van der Waals surface area contributed by atoms with Crippen LogP contribution < -0.4 is 4.74 Å². The number of carboxylic acid groups (broad SMARTS) is 1. The number of nitrogens with zero attached hydrogens (tertiary/aromatic N) is 1. The smallest absolute Gasteiger partial charge is 0.449 e. The first-order valence-corrected chi connectivity index (χ1v) is 5.32. The molecule has 0 saturated heterocycles. The first-order valence-electron chi connectivity index (χ1n) is 5.32. The Labute approximate surface area is 108 Å². The van der Waals surface area contributed by atoms with Gasteiger partial charge in [0.05, 0.1) is 4.92 Å². The molecule has 0 aliphatic rings. The van der Waals surface area contributed by atoms with E-state index in [2.05, 4.69) is 4.74 Å². The van der Waals surface area contributed by atoms with E-state index in [1.165, 1.54) is 12.1 Å². The fourth-order valence-corrected chi connectivity index (χ4v) is 1.65. The maximum absolute atomic E-state index is 10.9. The van der Waals surface area contributed by atoms with E-state index < -0.39 is 11.1 Å². The number of nitro benzene ring substituents is 1. The fourth-order valence-electron chi connectivity index (χ4n) is 1.65. The largest absolute Gasteiger partial charge is 0.511 e. The van der Waals surface area contributed by atoms with Gasteiger partial charge in [0.25, 0.3) is 0 Å². The highest BCUT2D eigenvalue weighted by atomic mass is 16.7. The summed E-state index contributed by atoms with van der Waals surface area (Å²) in [5, 5.41) is 19.4. The molecule has 0 fully saturated rings. The van der Waals surface area contributed by atoms with E-state index in [4.69, 9.17) is 5.11 Å². The summed E-state index contributed by atoms with van der Waals surface area (Å²) < 4.78 is 4.37. The van der Waals surface area contributed by atoms with E-state index in [0.717, 1.165) is 5.56 Å². The molecule has 0 spiro atoms. The van der Waals surface area contributed by atoms with Crippen LogP contribution in [-0.2, 0) is 0 Å². The quantitative estimate of drug-likeness (QED) is 0.395. The molecule has 0 saturated carbocycles. The fraction of sp³-hybridized carbons (Fsp3) is 0. The minimum Gasteiger partial charge on any atom is -0.449 e. The lowest BCUT2D eigenvalue weighted by Crippen LogP contribution is -2.05. The van der Waals surface area contributed by atoms with Crippen LogP contribution in [0.4, 0.5) is 10.5 Å². The van der Waals surface area contributed by atoms with Crippen molar-refractivity contribution in [1.82, 2.24) is 0 Å². The van der Waals surface area contributed by atoms with Crippen LogP contribution in [0.25, 0.3) is 11.1 Å². The van der Waals surface area contributed by atoms with E-state index in [9.17, 15) is 14.9 Å². The highest BCUT2D eigenvalue weighted by Gasteiger charge is 2.18. The van der Waals surface area contributed by atoms with Gasteiger partial charge in [-0.05, 0) is 17.2 Å². The van der Waals surface area contributed by atoms with Crippen molar-refractivity contribution in [3.05, 3.63) is 58.6 Å². The van der Waals surface area contributed by atoms with Crippen molar-refractivity contribution in [3.8, 4) is 16.9 Å². The van der Waals surface area contributed by atoms with Crippen molar-refractivity contribution in [2.45, 2.75) is 0 Å². The number of nitro groups is 1. The molecule has 1 N–H and O–H groups in total. The highest BCUT2D eigenvalue weighted by molar-refractivity contribution is 5.71. The van der Waals surface area contributed by atoms with E-state index in [1.807, 2.05) is 18.2 Å². The lowest BCUT2D eigenvalue weighted by molar-refractivity contribution is -0.385. The lowest BCUT2D eigenvalue weighted by Gasteiger charge is -2.05. The number of carbonyl (C=O) groups is 1. The molecule has 0 aliphatic carbocycles. The molecule has 2 aromatic rings. The second kappa shape index (κ2) is 5.18. The predicted molar refractivity (Wildman–Crippen MR) is 67.2 cm³/mol. The Morgan fingerprint density at radius 1 is 1.11 bits per heavy atom. The van der Waals surface area contributed by atoms with Gasteiger partial charge in [0.2, 0.25) is 5.75 Å². The summed E-state index contributed by atoms with van der Waals surface area (Å²) >= 11 is 0. The molecule has 0 atom stereocenters. The molecule has 0 radical (unpaired) electrons. The number of ether oxygens (including phenoxy) is 1. The Hall–Kier alpha value is -2.89. The van der Waals surface area contributed by atoms with E-state index in [-0.39, 0.29) is 11.4 Å². The molecule has 0 amide bonds.